The Balaban J connectivity index is 1.67. The minimum atomic E-state index is 0.311. The first kappa shape index (κ1) is 18.5. The zero-order valence-corrected chi connectivity index (χ0v) is 16.1. The molecule has 0 aliphatic heterocycles. The molecule has 3 rings (SSSR count). The average molecular weight is 408 g/mol. The quantitative estimate of drug-likeness (QED) is 0.415. The monoisotopic (exact) mass is 407 g/mol. The number of aromatic nitrogens is 1. The van der Waals surface area contributed by atoms with Gasteiger partial charge in [-0.2, -0.15) is 5.10 Å². The Labute approximate surface area is 165 Å². The highest BCUT2D eigenvalue weighted by molar-refractivity contribution is 7.13. The van der Waals surface area contributed by atoms with Crippen molar-refractivity contribution < 1.29 is 9.47 Å². The van der Waals surface area contributed by atoms with E-state index in [1.165, 1.54) is 11.3 Å². The highest BCUT2D eigenvalue weighted by Crippen LogP contribution is 2.29. The summed E-state index contributed by atoms with van der Waals surface area (Å²) in [4.78, 5) is 4.09. The van der Waals surface area contributed by atoms with Crippen LogP contribution in [0.4, 0.5) is 5.13 Å². The van der Waals surface area contributed by atoms with Gasteiger partial charge in [-0.25, -0.2) is 4.98 Å². The van der Waals surface area contributed by atoms with E-state index in [1.807, 2.05) is 29.6 Å². The smallest absolute Gasteiger partial charge is 0.203 e. The van der Waals surface area contributed by atoms with Crippen LogP contribution < -0.4 is 14.9 Å². The third kappa shape index (κ3) is 4.88. The molecule has 0 aliphatic rings. The van der Waals surface area contributed by atoms with Crippen LogP contribution in [-0.4, -0.2) is 18.3 Å². The number of hydrogen-bond acceptors (Lipinski definition) is 6. The highest BCUT2D eigenvalue weighted by Gasteiger charge is 2.08. The fourth-order valence-corrected chi connectivity index (χ4v) is 3.06. The molecule has 0 spiro atoms. The Morgan fingerprint density at radius 1 is 1.19 bits per heavy atom. The van der Waals surface area contributed by atoms with Crippen molar-refractivity contribution >= 4 is 45.9 Å². The topological polar surface area (TPSA) is 55.7 Å². The van der Waals surface area contributed by atoms with Crippen LogP contribution >= 0.6 is 34.5 Å². The zero-order valence-electron chi connectivity index (χ0n) is 13.8. The van der Waals surface area contributed by atoms with Gasteiger partial charge in [-0.15, -0.1) is 11.3 Å². The Morgan fingerprint density at radius 2 is 2.08 bits per heavy atom. The summed E-state index contributed by atoms with van der Waals surface area (Å²) in [6, 6.07) is 10.8. The molecule has 0 fully saturated rings. The lowest BCUT2D eigenvalue weighted by atomic mass is 10.2. The number of thiazole rings is 1. The van der Waals surface area contributed by atoms with E-state index >= 15 is 0 Å². The number of halogens is 2. The second-order valence-electron chi connectivity index (χ2n) is 5.14. The van der Waals surface area contributed by atoms with Crippen LogP contribution in [0.25, 0.3) is 0 Å². The first-order valence-electron chi connectivity index (χ1n) is 7.59. The van der Waals surface area contributed by atoms with E-state index in [0.717, 1.165) is 16.3 Å². The first-order valence-corrected chi connectivity index (χ1v) is 9.22. The largest absolute Gasteiger partial charge is 0.493 e. The van der Waals surface area contributed by atoms with E-state index in [9.17, 15) is 0 Å². The summed E-state index contributed by atoms with van der Waals surface area (Å²) >= 11 is 13.6. The number of rotatable bonds is 7. The van der Waals surface area contributed by atoms with Crippen LogP contribution in [0.1, 0.15) is 11.1 Å². The molecule has 0 saturated carbocycles. The minimum absolute atomic E-state index is 0.311. The number of nitrogens with one attached hydrogen (secondary N) is 1. The van der Waals surface area contributed by atoms with E-state index < -0.39 is 0 Å². The second-order valence-corrected chi connectivity index (χ2v) is 6.88. The molecule has 5 nitrogen and oxygen atoms in total. The molecule has 134 valence electrons. The molecule has 26 heavy (non-hydrogen) atoms. The minimum Gasteiger partial charge on any atom is -0.493 e. The van der Waals surface area contributed by atoms with Gasteiger partial charge in [0.1, 0.15) is 6.61 Å². The van der Waals surface area contributed by atoms with Gasteiger partial charge in [0.25, 0.3) is 0 Å². The fourth-order valence-electron chi connectivity index (χ4n) is 2.12. The van der Waals surface area contributed by atoms with Gasteiger partial charge in [0, 0.05) is 27.2 Å². The standard InChI is InChI=1S/C18H15Cl2N3O2S/c1-24-17-8-12(10-22-23-18-21-6-7-26-18)2-5-16(17)25-11-13-3-4-14(19)9-15(13)20/h2-10H,11H2,1H3,(H,21,23)/b22-10+. The number of hydrogen-bond donors (Lipinski definition) is 1. The van der Waals surface area contributed by atoms with Gasteiger partial charge in [-0.1, -0.05) is 29.3 Å². The van der Waals surface area contributed by atoms with E-state index in [-0.39, 0.29) is 0 Å². The molecule has 1 heterocycles. The van der Waals surface area contributed by atoms with Crippen molar-refractivity contribution in [2.45, 2.75) is 6.61 Å². The summed E-state index contributed by atoms with van der Waals surface area (Å²) in [7, 11) is 1.59. The van der Waals surface area contributed by atoms with Crippen LogP contribution in [-0.2, 0) is 6.61 Å². The Hall–Kier alpha value is -2.28. The molecule has 8 heteroatoms. The van der Waals surface area contributed by atoms with Crippen LogP contribution in [0, 0.1) is 0 Å². The van der Waals surface area contributed by atoms with Gasteiger partial charge >= 0.3 is 0 Å². The number of methoxy groups -OCH3 is 1. The van der Waals surface area contributed by atoms with Crippen LogP contribution in [0.3, 0.4) is 0 Å². The molecule has 1 aromatic heterocycles. The van der Waals surface area contributed by atoms with Crippen molar-refractivity contribution in [2.75, 3.05) is 12.5 Å². The van der Waals surface area contributed by atoms with Crippen LogP contribution in [0.15, 0.2) is 53.1 Å². The summed E-state index contributed by atoms with van der Waals surface area (Å²) < 4.78 is 11.2. The van der Waals surface area contributed by atoms with Crippen molar-refractivity contribution in [3.05, 3.63) is 69.1 Å². The van der Waals surface area contributed by atoms with Crippen molar-refractivity contribution in [2.24, 2.45) is 5.10 Å². The van der Waals surface area contributed by atoms with Gasteiger partial charge in [-0.05, 0) is 35.9 Å². The van der Waals surface area contributed by atoms with Crippen molar-refractivity contribution in [1.82, 2.24) is 4.98 Å². The maximum Gasteiger partial charge on any atom is 0.203 e. The predicted molar refractivity (Wildman–Crippen MR) is 107 cm³/mol. The molecule has 3 aromatic rings. The number of ether oxygens (including phenoxy) is 2. The van der Waals surface area contributed by atoms with Gasteiger partial charge in [0.2, 0.25) is 5.13 Å². The first-order chi connectivity index (χ1) is 12.7. The lowest BCUT2D eigenvalue weighted by Gasteiger charge is -2.12. The predicted octanol–water partition coefficient (Wildman–Crippen LogP) is 5.48. The summed E-state index contributed by atoms with van der Waals surface area (Å²) in [5.41, 5.74) is 4.57. The Kier molecular flexibility index (Phi) is 6.33. The molecule has 0 radical (unpaired) electrons. The molecule has 0 bridgehead atoms. The van der Waals surface area contributed by atoms with Crippen molar-refractivity contribution in [3.63, 3.8) is 0 Å². The normalized spacial score (nSPS) is 10.9. The maximum absolute atomic E-state index is 6.17. The fraction of sp³-hybridized carbons (Fsp3) is 0.111. The Morgan fingerprint density at radius 3 is 2.81 bits per heavy atom. The Bertz CT molecular complexity index is 901. The number of anilines is 1. The van der Waals surface area contributed by atoms with Crippen molar-refractivity contribution in [3.8, 4) is 11.5 Å². The number of nitrogens with zero attached hydrogens (tertiary/aromatic N) is 2. The third-order valence-electron chi connectivity index (χ3n) is 3.39. The average Bonchev–Trinajstić information content (AvgIpc) is 3.15. The highest BCUT2D eigenvalue weighted by atomic mass is 35.5. The van der Waals surface area contributed by atoms with Gasteiger partial charge < -0.3 is 9.47 Å². The molecule has 2 aromatic carbocycles. The van der Waals surface area contributed by atoms with E-state index in [1.54, 1.807) is 31.7 Å². The van der Waals surface area contributed by atoms with Crippen LogP contribution in [0.2, 0.25) is 10.0 Å². The van der Waals surface area contributed by atoms with Gasteiger partial charge in [0.05, 0.1) is 13.3 Å². The van der Waals surface area contributed by atoms with E-state index in [0.29, 0.717) is 28.2 Å². The van der Waals surface area contributed by atoms with Gasteiger partial charge in [-0.3, -0.25) is 5.43 Å². The third-order valence-corrected chi connectivity index (χ3v) is 4.66. The molecule has 0 atom stereocenters. The van der Waals surface area contributed by atoms with Crippen LogP contribution in [0.5, 0.6) is 11.5 Å². The second kappa shape index (κ2) is 8.89. The lowest BCUT2D eigenvalue weighted by Crippen LogP contribution is -1.99. The van der Waals surface area contributed by atoms with Gasteiger partial charge in [0.15, 0.2) is 11.5 Å². The molecule has 0 unspecified atom stereocenters. The summed E-state index contributed by atoms with van der Waals surface area (Å²) in [6.07, 6.45) is 3.40. The van der Waals surface area contributed by atoms with E-state index in [2.05, 4.69) is 15.5 Å². The SMILES string of the molecule is COc1cc(/C=N/Nc2nccs2)ccc1OCc1ccc(Cl)cc1Cl. The van der Waals surface area contributed by atoms with E-state index in [4.69, 9.17) is 32.7 Å². The molecule has 0 amide bonds. The summed E-state index contributed by atoms with van der Waals surface area (Å²) in [6.45, 7) is 0.311. The summed E-state index contributed by atoms with van der Waals surface area (Å²) in [5, 5.41) is 7.91. The number of benzene rings is 2. The lowest BCUT2D eigenvalue weighted by molar-refractivity contribution is 0.284. The molecule has 1 N–H and O–H groups in total. The number of hydrazone groups is 1. The molecular formula is C18H15Cl2N3O2S. The van der Waals surface area contributed by atoms with Crippen molar-refractivity contribution in [1.29, 1.82) is 0 Å². The molecular weight excluding hydrogens is 393 g/mol. The molecule has 0 saturated heterocycles. The summed E-state index contributed by atoms with van der Waals surface area (Å²) in [5.74, 6) is 1.22. The maximum atomic E-state index is 6.17. The molecule has 0 aliphatic carbocycles. The zero-order chi connectivity index (χ0) is 18.4.